The third kappa shape index (κ3) is 3.79. The predicted octanol–water partition coefficient (Wildman–Crippen LogP) is 5.77. The summed E-state index contributed by atoms with van der Waals surface area (Å²) in [6.45, 7) is 14.0. The van der Waals surface area contributed by atoms with Gasteiger partial charge in [0.15, 0.2) is 0 Å². The second kappa shape index (κ2) is 7.71. The first-order valence-corrected chi connectivity index (χ1v) is 8.47. The lowest BCUT2D eigenvalue weighted by Gasteiger charge is -2.39. The van der Waals surface area contributed by atoms with Gasteiger partial charge in [0.2, 0.25) is 0 Å². The summed E-state index contributed by atoms with van der Waals surface area (Å²) in [7, 11) is 0. The summed E-state index contributed by atoms with van der Waals surface area (Å²) in [5, 5.41) is 1.41. The smallest absolute Gasteiger partial charge is 0.0488 e. The minimum atomic E-state index is 0. The van der Waals surface area contributed by atoms with E-state index in [-0.39, 0.29) is 22.9 Å². The summed E-state index contributed by atoms with van der Waals surface area (Å²) in [6, 6.07) is 8.86. The van der Waals surface area contributed by atoms with Crippen molar-refractivity contribution in [3.8, 4) is 0 Å². The van der Waals surface area contributed by atoms with E-state index in [9.17, 15) is 0 Å². The van der Waals surface area contributed by atoms with Crippen molar-refractivity contribution in [1.82, 2.24) is 4.57 Å². The van der Waals surface area contributed by atoms with Crippen LogP contribution in [0.5, 0.6) is 0 Å². The molecule has 1 nitrogen and oxygen atoms in total. The highest BCUT2D eigenvalue weighted by atomic mass is 27.0. The average Bonchev–Trinajstić information content (AvgIpc) is 2.75. The van der Waals surface area contributed by atoms with Crippen molar-refractivity contribution < 1.29 is 0 Å². The molecule has 0 aliphatic rings. The van der Waals surface area contributed by atoms with Gasteiger partial charge in [0, 0.05) is 40.0 Å². The maximum atomic E-state index is 2.59. The van der Waals surface area contributed by atoms with Crippen molar-refractivity contribution in [2.24, 2.45) is 11.8 Å². The van der Waals surface area contributed by atoms with Crippen molar-refractivity contribution in [3.63, 3.8) is 0 Å². The Hall–Kier alpha value is -0.708. The van der Waals surface area contributed by atoms with E-state index < -0.39 is 0 Å². The fourth-order valence-corrected chi connectivity index (χ4v) is 4.00. The Morgan fingerprint density at radius 3 is 2.05 bits per heavy atom. The molecular formula is C20H31AlN. The lowest BCUT2D eigenvalue weighted by atomic mass is 9.79. The van der Waals surface area contributed by atoms with Crippen LogP contribution in [-0.4, -0.2) is 21.9 Å². The zero-order chi connectivity index (χ0) is 15.6. The quantitative estimate of drug-likeness (QED) is 0.597. The number of hydrogen-bond donors (Lipinski definition) is 0. The van der Waals surface area contributed by atoms with E-state index in [4.69, 9.17) is 0 Å². The van der Waals surface area contributed by atoms with Crippen LogP contribution in [0.3, 0.4) is 0 Å². The normalized spacial score (nSPS) is 12.2. The Bertz CT molecular complexity index is 585. The van der Waals surface area contributed by atoms with Gasteiger partial charge in [0.1, 0.15) is 0 Å². The van der Waals surface area contributed by atoms with Gasteiger partial charge in [-0.3, -0.25) is 0 Å². The number of nitrogens with zero attached hydrogens (tertiary/aromatic N) is 1. The molecule has 2 rings (SSSR count). The highest BCUT2D eigenvalue weighted by Gasteiger charge is 2.33. The topological polar surface area (TPSA) is 4.93 Å². The van der Waals surface area contributed by atoms with E-state index >= 15 is 0 Å². The van der Waals surface area contributed by atoms with Gasteiger partial charge in [0.25, 0.3) is 0 Å². The molecule has 1 aromatic heterocycles. The Balaban J connectivity index is 0.00000242. The molecule has 0 saturated heterocycles. The third-order valence-corrected chi connectivity index (χ3v) is 4.66. The molecule has 0 aliphatic carbocycles. The van der Waals surface area contributed by atoms with Crippen LogP contribution in [0.2, 0.25) is 0 Å². The molecule has 2 heteroatoms. The minimum Gasteiger partial charge on any atom is -0.341 e. The molecule has 0 amide bonds. The maximum Gasteiger partial charge on any atom is 0.0488 e. The minimum absolute atomic E-state index is 0. The Morgan fingerprint density at radius 1 is 1.00 bits per heavy atom. The number of aryl methyl sites for hydroxylation is 1. The first kappa shape index (κ1) is 19.3. The van der Waals surface area contributed by atoms with Crippen LogP contribution in [0.4, 0.5) is 0 Å². The zero-order valence-corrected chi connectivity index (χ0v) is 16.3. The van der Waals surface area contributed by atoms with Crippen molar-refractivity contribution in [1.29, 1.82) is 0 Å². The van der Waals surface area contributed by atoms with Crippen LogP contribution in [0.25, 0.3) is 10.9 Å². The van der Waals surface area contributed by atoms with Gasteiger partial charge in [-0.15, -0.1) is 0 Å². The highest BCUT2D eigenvalue weighted by Crippen LogP contribution is 2.39. The lowest BCUT2D eigenvalue weighted by molar-refractivity contribution is 0.183. The molecule has 0 aliphatic heterocycles. The van der Waals surface area contributed by atoms with Crippen LogP contribution in [-0.2, 0) is 5.54 Å². The summed E-state index contributed by atoms with van der Waals surface area (Å²) >= 11 is 0. The van der Waals surface area contributed by atoms with Gasteiger partial charge < -0.3 is 4.57 Å². The van der Waals surface area contributed by atoms with Gasteiger partial charge in [-0.25, -0.2) is 0 Å². The Labute approximate surface area is 147 Å². The maximum absolute atomic E-state index is 2.59. The van der Waals surface area contributed by atoms with Crippen LogP contribution in [0.1, 0.15) is 59.4 Å². The second-order valence-corrected chi connectivity index (χ2v) is 7.47. The van der Waals surface area contributed by atoms with Crippen LogP contribution >= 0.6 is 0 Å². The highest BCUT2D eigenvalue weighted by molar-refractivity contribution is 5.84. The molecule has 0 unspecified atom stereocenters. The third-order valence-electron chi connectivity index (χ3n) is 4.66. The molecule has 3 radical (unpaired) electrons. The van der Waals surface area contributed by atoms with Crippen molar-refractivity contribution >= 4 is 28.3 Å². The largest absolute Gasteiger partial charge is 0.341 e. The first-order chi connectivity index (χ1) is 9.89. The molecular weight excluding hydrogens is 281 g/mol. The standard InChI is InChI=1S/C20H31N.Al/c1-7-20(12-15(2)3,13-16(4)5)21-14-17(6)18-10-8-9-11-19(18)21;/h8-11,14-16H,7,12-13H2,1-6H3;. The van der Waals surface area contributed by atoms with E-state index in [1.54, 1.807) is 0 Å². The van der Waals surface area contributed by atoms with Crippen LogP contribution in [0, 0.1) is 18.8 Å². The van der Waals surface area contributed by atoms with E-state index in [1.807, 2.05) is 0 Å². The number of para-hydroxylation sites is 1. The van der Waals surface area contributed by atoms with Gasteiger partial charge in [0.05, 0.1) is 0 Å². The molecule has 0 N–H and O–H groups in total. The van der Waals surface area contributed by atoms with E-state index in [0.717, 1.165) is 0 Å². The molecule has 119 valence electrons. The van der Waals surface area contributed by atoms with Crippen molar-refractivity contribution in [3.05, 3.63) is 36.0 Å². The number of aromatic nitrogens is 1. The molecule has 0 fully saturated rings. The molecule has 0 bridgehead atoms. The number of benzene rings is 1. The van der Waals surface area contributed by atoms with E-state index in [1.165, 1.54) is 35.7 Å². The zero-order valence-electron chi connectivity index (χ0n) is 15.2. The summed E-state index contributed by atoms with van der Waals surface area (Å²) < 4.78 is 2.59. The second-order valence-electron chi connectivity index (χ2n) is 7.47. The van der Waals surface area contributed by atoms with E-state index in [0.29, 0.717) is 11.8 Å². The van der Waals surface area contributed by atoms with Gasteiger partial charge >= 0.3 is 0 Å². The molecule has 0 atom stereocenters. The molecule has 1 aromatic carbocycles. The monoisotopic (exact) mass is 312 g/mol. The molecule has 0 saturated carbocycles. The Morgan fingerprint density at radius 2 is 1.55 bits per heavy atom. The predicted molar refractivity (Wildman–Crippen MR) is 99.6 cm³/mol. The van der Waals surface area contributed by atoms with Gasteiger partial charge in [-0.05, 0) is 49.7 Å². The van der Waals surface area contributed by atoms with Crippen molar-refractivity contribution in [2.45, 2.75) is 66.3 Å². The summed E-state index contributed by atoms with van der Waals surface area (Å²) in [4.78, 5) is 0. The average molecular weight is 312 g/mol. The number of fused-ring (bicyclic) bond motifs is 1. The summed E-state index contributed by atoms with van der Waals surface area (Å²) in [5.41, 5.74) is 3.05. The van der Waals surface area contributed by atoms with Crippen LogP contribution < -0.4 is 0 Å². The fourth-order valence-electron chi connectivity index (χ4n) is 4.00. The van der Waals surface area contributed by atoms with Gasteiger partial charge in [-0.2, -0.15) is 0 Å². The molecule has 0 spiro atoms. The Kier molecular flexibility index (Phi) is 6.78. The van der Waals surface area contributed by atoms with E-state index in [2.05, 4.69) is 76.6 Å². The van der Waals surface area contributed by atoms with Crippen LogP contribution in [0.15, 0.2) is 30.5 Å². The number of hydrogen-bond acceptors (Lipinski definition) is 0. The first-order valence-electron chi connectivity index (χ1n) is 8.47. The molecule has 1 heterocycles. The summed E-state index contributed by atoms with van der Waals surface area (Å²) in [5.74, 6) is 1.43. The molecule has 2 aromatic rings. The van der Waals surface area contributed by atoms with Gasteiger partial charge in [-0.1, -0.05) is 52.8 Å². The molecule has 22 heavy (non-hydrogen) atoms. The number of rotatable bonds is 6. The summed E-state index contributed by atoms with van der Waals surface area (Å²) in [6.07, 6.45) is 6.08. The SMILES string of the molecule is CCC(CC(C)C)(CC(C)C)n1cc(C)c2ccccc21.[Al]. The van der Waals surface area contributed by atoms with Crippen molar-refractivity contribution in [2.75, 3.05) is 0 Å². The lowest BCUT2D eigenvalue weighted by Crippen LogP contribution is -2.35. The fraction of sp³-hybridized carbons (Fsp3) is 0.600.